The lowest BCUT2D eigenvalue weighted by molar-refractivity contribution is 0.0673. The molecule has 0 bridgehead atoms. The summed E-state index contributed by atoms with van der Waals surface area (Å²) < 4.78 is 5.22. The van der Waals surface area contributed by atoms with Crippen LogP contribution in [0.5, 0.6) is 5.75 Å². The van der Waals surface area contributed by atoms with Crippen molar-refractivity contribution in [2.24, 2.45) is 10.9 Å². The van der Waals surface area contributed by atoms with Gasteiger partial charge in [-0.15, -0.1) is 0 Å². The van der Waals surface area contributed by atoms with Crippen molar-refractivity contribution in [2.45, 2.75) is 25.3 Å². The van der Waals surface area contributed by atoms with Gasteiger partial charge >= 0.3 is 0 Å². The molecule has 2 rings (SSSR count). The molecule has 0 spiro atoms. The second-order valence-electron chi connectivity index (χ2n) is 4.88. The molecular weight excluding hydrogens is 294 g/mol. The molecule has 1 atom stereocenters. The van der Waals surface area contributed by atoms with E-state index in [1.165, 1.54) is 7.11 Å². The van der Waals surface area contributed by atoms with E-state index in [2.05, 4.69) is 5.16 Å². The Morgan fingerprint density at radius 1 is 1.52 bits per heavy atom. The predicted molar refractivity (Wildman–Crippen MR) is 80.1 cm³/mol. The Balaban J connectivity index is 2.35. The fourth-order valence-electron chi connectivity index (χ4n) is 2.55. The Bertz CT molecular complexity index is 562. The van der Waals surface area contributed by atoms with E-state index in [4.69, 9.17) is 27.3 Å². The molecule has 1 amide bonds. The third kappa shape index (κ3) is 3.21. The Hall–Kier alpha value is -1.95. The van der Waals surface area contributed by atoms with Crippen molar-refractivity contribution in [2.75, 3.05) is 13.7 Å². The number of nitrogens with two attached hydrogens (primary N) is 1. The van der Waals surface area contributed by atoms with Gasteiger partial charge in [0.2, 0.25) is 0 Å². The molecule has 0 saturated carbocycles. The van der Waals surface area contributed by atoms with Crippen LogP contribution in [-0.4, -0.2) is 41.5 Å². The lowest BCUT2D eigenvalue weighted by Crippen LogP contribution is -2.50. The highest BCUT2D eigenvalue weighted by Gasteiger charge is 2.31. The zero-order valence-electron chi connectivity index (χ0n) is 11.8. The van der Waals surface area contributed by atoms with Crippen molar-refractivity contribution in [1.82, 2.24) is 4.90 Å². The van der Waals surface area contributed by atoms with Crippen LogP contribution in [0.2, 0.25) is 5.02 Å². The summed E-state index contributed by atoms with van der Waals surface area (Å²) in [6.07, 6.45) is 2.48. The van der Waals surface area contributed by atoms with Gasteiger partial charge in [-0.2, -0.15) is 0 Å². The fraction of sp³-hybridized carbons (Fsp3) is 0.429. The van der Waals surface area contributed by atoms with Crippen LogP contribution in [0.3, 0.4) is 0 Å². The van der Waals surface area contributed by atoms with Crippen LogP contribution in [0.1, 0.15) is 29.6 Å². The maximum Gasteiger partial charge on any atom is 0.258 e. The van der Waals surface area contributed by atoms with Crippen molar-refractivity contribution in [1.29, 1.82) is 0 Å². The molecule has 1 aromatic carbocycles. The number of methoxy groups -OCH3 is 1. The summed E-state index contributed by atoms with van der Waals surface area (Å²) in [7, 11) is 1.50. The van der Waals surface area contributed by atoms with E-state index in [1.54, 1.807) is 23.1 Å². The van der Waals surface area contributed by atoms with Crippen molar-refractivity contribution in [3.05, 3.63) is 28.8 Å². The number of hydrogen-bond donors (Lipinski definition) is 2. The van der Waals surface area contributed by atoms with E-state index in [0.29, 0.717) is 29.3 Å². The maximum atomic E-state index is 12.8. The molecule has 0 aliphatic carbocycles. The number of rotatable bonds is 3. The monoisotopic (exact) mass is 311 g/mol. The van der Waals surface area contributed by atoms with E-state index in [-0.39, 0.29) is 11.7 Å². The lowest BCUT2D eigenvalue weighted by atomic mass is 9.99. The number of likely N-dealkylation sites (tertiary alicyclic amines) is 1. The molecule has 1 heterocycles. The van der Waals surface area contributed by atoms with E-state index in [1.807, 2.05) is 0 Å². The van der Waals surface area contributed by atoms with Crippen molar-refractivity contribution < 1.29 is 14.7 Å². The maximum absolute atomic E-state index is 12.8. The Kier molecular flexibility index (Phi) is 4.90. The smallest absolute Gasteiger partial charge is 0.258 e. The summed E-state index contributed by atoms with van der Waals surface area (Å²) in [5.74, 6) is 0.267. The first-order valence-electron chi connectivity index (χ1n) is 6.70. The van der Waals surface area contributed by atoms with Gasteiger partial charge in [0.15, 0.2) is 5.84 Å². The van der Waals surface area contributed by atoms with Gasteiger partial charge in [-0.3, -0.25) is 4.79 Å². The van der Waals surface area contributed by atoms with Gasteiger partial charge in [-0.05, 0) is 37.5 Å². The highest BCUT2D eigenvalue weighted by atomic mass is 35.5. The second kappa shape index (κ2) is 6.67. The van der Waals surface area contributed by atoms with Gasteiger partial charge in [0.25, 0.3) is 5.91 Å². The topological polar surface area (TPSA) is 88.2 Å². The minimum absolute atomic E-state index is 0.0454. The quantitative estimate of drug-likeness (QED) is 0.387. The van der Waals surface area contributed by atoms with Gasteiger partial charge in [-0.1, -0.05) is 16.8 Å². The highest BCUT2D eigenvalue weighted by Crippen LogP contribution is 2.27. The summed E-state index contributed by atoms with van der Waals surface area (Å²) in [5.41, 5.74) is 6.08. The van der Waals surface area contributed by atoms with Crippen LogP contribution >= 0.6 is 11.6 Å². The summed E-state index contributed by atoms with van der Waals surface area (Å²) in [6, 6.07) is 4.48. The number of carbonyl (C=O) groups is 1. The number of hydrogen-bond acceptors (Lipinski definition) is 4. The van der Waals surface area contributed by atoms with E-state index in [9.17, 15) is 4.79 Å². The average Bonchev–Trinajstić information content (AvgIpc) is 2.53. The third-order valence-electron chi connectivity index (χ3n) is 3.61. The number of ether oxygens (including phenoxy) is 1. The number of oxime groups is 1. The van der Waals surface area contributed by atoms with Crippen molar-refractivity contribution >= 4 is 23.3 Å². The first kappa shape index (κ1) is 15.4. The number of carbonyl (C=O) groups excluding carboxylic acids is 1. The number of amidine groups is 1. The second-order valence-corrected chi connectivity index (χ2v) is 5.32. The minimum atomic E-state index is -0.403. The Labute approximate surface area is 128 Å². The summed E-state index contributed by atoms with van der Waals surface area (Å²) in [4.78, 5) is 14.4. The third-order valence-corrected chi connectivity index (χ3v) is 3.85. The van der Waals surface area contributed by atoms with Crippen LogP contribution < -0.4 is 10.5 Å². The predicted octanol–water partition coefficient (Wildman–Crippen LogP) is 2.09. The molecular formula is C14H18ClN3O3. The first-order chi connectivity index (χ1) is 10.1. The van der Waals surface area contributed by atoms with Crippen molar-refractivity contribution in [3.8, 4) is 5.75 Å². The standard InChI is InChI=1S/C14H18ClN3O3/c1-21-12-6-5-9(15)8-10(12)14(19)18-7-3-2-4-11(18)13(16)17-20/h5-6,8,11,20H,2-4,7H2,1H3,(H2,16,17). The molecule has 3 N–H and O–H groups in total. The van der Waals surface area contributed by atoms with E-state index in [0.717, 1.165) is 12.8 Å². The molecule has 1 fully saturated rings. The molecule has 7 heteroatoms. The number of nitrogens with zero attached hydrogens (tertiary/aromatic N) is 2. The zero-order chi connectivity index (χ0) is 15.4. The molecule has 0 aromatic heterocycles. The largest absolute Gasteiger partial charge is 0.496 e. The van der Waals surface area contributed by atoms with Gasteiger partial charge in [0, 0.05) is 11.6 Å². The van der Waals surface area contributed by atoms with Crippen LogP contribution in [0.25, 0.3) is 0 Å². The molecule has 1 aromatic rings. The van der Waals surface area contributed by atoms with Crippen molar-refractivity contribution in [3.63, 3.8) is 0 Å². The molecule has 0 radical (unpaired) electrons. The number of halogens is 1. The Morgan fingerprint density at radius 3 is 2.95 bits per heavy atom. The summed E-state index contributed by atoms with van der Waals surface area (Å²) >= 11 is 5.97. The highest BCUT2D eigenvalue weighted by molar-refractivity contribution is 6.31. The molecule has 1 aliphatic rings. The molecule has 1 saturated heterocycles. The van der Waals surface area contributed by atoms with Crippen LogP contribution in [0.4, 0.5) is 0 Å². The van der Waals surface area contributed by atoms with Gasteiger partial charge in [0.1, 0.15) is 5.75 Å². The molecule has 21 heavy (non-hydrogen) atoms. The average molecular weight is 312 g/mol. The molecule has 1 aliphatic heterocycles. The van der Waals surface area contributed by atoms with E-state index < -0.39 is 6.04 Å². The number of piperidine rings is 1. The normalized spacial score (nSPS) is 19.4. The molecule has 6 nitrogen and oxygen atoms in total. The van der Waals surface area contributed by atoms with Crippen LogP contribution in [0.15, 0.2) is 23.4 Å². The zero-order valence-corrected chi connectivity index (χ0v) is 12.5. The SMILES string of the molecule is COc1ccc(Cl)cc1C(=O)N1CCCCC1C(N)=NO. The summed E-state index contributed by atoms with van der Waals surface area (Å²) in [5, 5.41) is 12.4. The summed E-state index contributed by atoms with van der Waals surface area (Å²) in [6.45, 7) is 0.551. The van der Waals surface area contributed by atoms with Gasteiger partial charge < -0.3 is 20.6 Å². The lowest BCUT2D eigenvalue weighted by Gasteiger charge is -2.35. The fourth-order valence-corrected chi connectivity index (χ4v) is 2.72. The Morgan fingerprint density at radius 2 is 2.29 bits per heavy atom. The number of benzene rings is 1. The molecule has 114 valence electrons. The van der Waals surface area contributed by atoms with Crippen LogP contribution in [-0.2, 0) is 0 Å². The van der Waals surface area contributed by atoms with E-state index >= 15 is 0 Å². The first-order valence-corrected chi connectivity index (χ1v) is 7.08. The van der Waals surface area contributed by atoms with Crippen LogP contribution in [0, 0.1) is 0 Å². The van der Waals surface area contributed by atoms with Gasteiger partial charge in [0.05, 0.1) is 18.7 Å². The molecule has 1 unspecified atom stereocenters. The number of amides is 1. The van der Waals surface area contributed by atoms with Gasteiger partial charge in [-0.25, -0.2) is 0 Å². The minimum Gasteiger partial charge on any atom is -0.496 e.